The van der Waals surface area contributed by atoms with E-state index in [0.29, 0.717) is 17.7 Å². The van der Waals surface area contributed by atoms with E-state index in [2.05, 4.69) is 22.3 Å². The van der Waals surface area contributed by atoms with Crippen LogP contribution in [-0.2, 0) is 10.2 Å². The first kappa shape index (κ1) is 14.5. The summed E-state index contributed by atoms with van der Waals surface area (Å²) in [7, 11) is 0. The number of rotatable bonds is 2. The van der Waals surface area contributed by atoms with E-state index in [9.17, 15) is 4.79 Å². The zero-order chi connectivity index (χ0) is 15.2. The van der Waals surface area contributed by atoms with Gasteiger partial charge in [0.25, 0.3) is 0 Å². The Hall–Kier alpha value is -1.06. The third-order valence-corrected chi connectivity index (χ3v) is 6.19. The van der Waals surface area contributed by atoms with Crippen LogP contribution in [0.25, 0.3) is 0 Å². The number of hydrogen-bond acceptors (Lipinski definition) is 2. The first-order chi connectivity index (χ1) is 10.7. The molecule has 2 atom stereocenters. The molecule has 2 aliphatic heterocycles. The summed E-state index contributed by atoms with van der Waals surface area (Å²) in [5.41, 5.74) is 0.867. The average molecular weight is 319 g/mol. The predicted molar refractivity (Wildman–Crippen MR) is 88.0 cm³/mol. The smallest absolute Gasteiger partial charge is 0.233 e. The van der Waals surface area contributed by atoms with Crippen molar-refractivity contribution in [3.63, 3.8) is 0 Å². The van der Waals surface area contributed by atoms with Gasteiger partial charge in [-0.05, 0) is 42.4 Å². The van der Waals surface area contributed by atoms with Crippen molar-refractivity contribution in [2.75, 3.05) is 26.2 Å². The van der Waals surface area contributed by atoms with Gasteiger partial charge in [-0.25, -0.2) is 0 Å². The van der Waals surface area contributed by atoms with Gasteiger partial charge in [-0.3, -0.25) is 4.79 Å². The molecule has 2 saturated heterocycles. The van der Waals surface area contributed by atoms with Gasteiger partial charge in [-0.1, -0.05) is 36.6 Å². The second-order valence-electron chi connectivity index (χ2n) is 7.18. The highest BCUT2D eigenvalue weighted by Gasteiger charge is 2.48. The van der Waals surface area contributed by atoms with E-state index >= 15 is 0 Å². The van der Waals surface area contributed by atoms with Crippen LogP contribution in [0.15, 0.2) is 24.3 Å². The summed E-state index contributed by atoms with van der Waals surface area (Å²) < 4.78 is 0. The molecule has 0 radical (unpaired) electrons. The van der Waals surface area contributed by atoms with Gasteiger partial charge >= 0.3 is 0 Å². The van der Waals surface area contributed by atoms with Crippen LogP contribution in [0, 0.1) is 11.8 Å². The lowest BCUT2D eigenvalue weighted by atomic mass is 9.77. The molecule has 1 aromatic rings. The van der Waals surface area contributed by atoms with Crippen molar-refractivity contribution in [3.8, 4) is 0 Å². The summed E-state index contributed by atoms with van der Waals surface area (Å²) in [6.45, 7) is 4.02. The van der Waals surface area contributed by atoms with Crippen LogP contribution < -0.4 is 5.32 Å². The first-order valence-electron chi connectivity index (χ1n) is 8.45. The fourth-order valence-corrected chi connectivity index (χ4v) is 4.82. The number of carbonyl (C=O) groups excluding carboxylic acids is 1. The standard InChI is InChI=1S/C18H23ClN2O/c19-16-5-3-15(4-6-16)18(7-1-2-8-18)17(22)21-11-13-9-20-10-14(13)12-21/h3-6,13-14,20H,1-2,7-12H2/t13-,14+. The van der Waals surface area contributed by atoms with E-state index in [4.69, 9.17) is 11.6 Å². The van der Waals surface area contributed by atoms with Crippen LogP contribution in [0.4, 0.5) is 0 Å². The number of halogens is 1. The number of nitrogens with one attached hydrogen (secondary N) is 1. The molecule has 4 heteroatoms. The van der Waals surface area contributed by atoms with Crippen LogP contribution in [-0.4, -0.2) is 37.0 Å². The zero-order valence-corrected chi connectivity index (χ0v) is 13.6. The molecule has 3 nitrogen and oxygen atoms in total. The molecule has 1 saturated carbocycles. The predicted octanol–water partition coefficient (Wildman–Crippen LogP) is 2.83. The summed E-state index contributed by atoms with van der Waals surface area (Å²) in [4.78, 5) is 15.5. The normalized spacial score (nSPS) is 29.8. The largest absolute Gasteiger partial charge is 0.341 e. The lowest BCUT2D eigenvalue weighted by Crippen LogP contribution is -2.45. The van der Waals surface area contributed by atoms with Gasteiger partial charge < -0.3 is 10.2 Å². The lowest BCUT2D eigenvalue weighted by molar-refractivity contribution is -0.136. The minimum absolute atomic E-state index is 0.295. The van der Waals surface area contributed by atoms with E-state index in [-0.39, 0.29) is 5.41 Å². The van der Waals surface area contributed by atoms with Gasteiger partial charge in [0.1, 0.15) is 0 Å². The Kier molecular flexibility index (Phi) is 3.66. The molecule has 1 aliphatic carbocycles. The highest BCUT2D eigenvalue weighted by Crippen LogP contribution is 2.44. The molecule has 3 fully saturated rings. The Labute approximate surface area is 137 Å². The number of nitrogens with zero attached hydrogens (tertiary/aromatic N) is 1. The molecule has 4 rings (SSSR count). The molecule has 22 heavy (non-hydrogen) atoms. The van der Waals surface area contributed by atoms with Crippen LogP contribution in [0.5, 0.6) is 0 Å². The fourth-order valence-electron chi connectivity index (χ4n) is 4.70. The molecular formula is C18H23ClN2O. The maximum absolute atomic E-state index is 13.4. The molecular weight excluding hydrogens is 296 g/mol. The SMILES string of the molecule is O=C(N1C[C@H]2CNC[C@H]2C1)C1(c2ccc(Cl)cc2)CCCC1. The Morgan fingerprint density at radius 3 is 2.27 bits per heavy atom. The van der Waals surface area contributed by atoms with Crippen molar-refractivity contribution in [2.45, 2.75) is 31.1 Å². The van der Waals surface area contributed by atoms with Gasteiger partial charge in [0.15, 0.2) is 0 Å². The highest BCUT2D eigenvalue weighted by molar-refractivity contribution is 6.30. The molecule has 1 aromatic carbocycles. The third kappa shape index (κ3) is 2.26. The van der Waals surface area contributed by atoms with Gasteiger partial charge in [-0.15, -0.1) is 0 Å². The lowest BCUT2D eigenvalue weighted by Gasteiger charge is -2.33. The Morgan fingerprint density at radius 2 is 1.68 bits per heavy atom. The average Bonchev–Trinajstić information content (AvgIpc) is 3.23. The molecule has 1 N–H and O–H groups in total. The van der Waals surface area contributed by atoms with Crippen LogP contribution in [0.3, 0.4) is 0 Å². The van der Waals surface area contributed by atoms with Crippen molar-refractivity contribution in [2.24, 2.45) is 11.8 Å². The molecule has 2 heterocycles. The van der Waals surface area contributed by atoms with Gasteiger partial charge in [0.05, 0.1) is 5.41 Å². The number of amides is 1. The highest BCUT2D eigenvalue weighted by atomic mass is 35.5. The monoisotopic (exact) mass is 318 g/mol. The zero-order valence-electron chi connectivity index (χ0n) is 12.9. The Morgan fingerprint density at radius 1 is 1.09 bits per heavy atom. The molecule has 0 unspecified atom stereocenters. The summed E-state index contributed by atoms with van der Waals surface area (Å²) in [5.74, 6) is 1.68. The van der Waals surface area contributed by atoms with Crippen molar-refractivity contribution in [1.82, 2.24) is 10.2 Å². The third-order valence-electron chi connectivity index (χ3n) is 5.94. The quantitative estimate of drug-likeness (QED) is 0.909. The topological polar surface area (TPSA) is 32.3 Å². The molecule has 0 bridgehead atoms. The van der Waals surface area contributed by atoms with Crippen molar-refractivity contribution in [3.05, 3.63) is 34.9 Å². The second-order valence-corrected chi connectivity index (χ2v) is 7.62. The number of hydrogen-bond donors (Lipinski definition) is 1. The molecule has 118 valence electrons. The van der Waals surface area contributed by atoms with E-state index in [1.807, 2.05) is 12.1 Å². The van der Waals surface area contributed by atoms with Crippen LogP contribution in [0.1, 0.15) is 31.2 Å². The molecule has 0 aromatic heterocycles. The summed E-state index contributed by atoms with van der Waals surface area (Å²) >= 11 is 6.03. The number of fused-ring (bicyclic) bond motifs is 1. The minimum Gasteiger partial charge on any atom is -0.341 e. The van der Waals surface area contributed by atoms with Gasteiger partial charge in [0, 0.05) is 31.2 Å². The number of benzene rings is 1. The first-order valence-corrected chi connectivity index (χ1v) is 8.83. The summed E-state index contributed by atoms with van der Waals surface area (Å²) in [6.07, 6.45) is 4.27. The van der Waals surface area contributed by atoms with E-state index in [1.165, 1.54) is 0 Å². The number of likely N-dealkylation sites (tertiary alicyclic amines) is 1. The second kappa shape index (κ2) is 5.54. The van der Waals surface area contributed by atoms with E-state index in [1.54, 1.807) is 0 Å². The van der Waals surface area contributed by atoms with E-state index < -0.39 is 0 Å². The number of carbonyl (C=O) groups is 1. The van der Waals surface area contributed by atoms with Gasteiger partial charge in [0.2, 0.25) is 5.91 Å². The maximum atomic E-state index is 13.4. The summed E-state index contributed by atoms with van der Waals surface area (Å²) in [6, 6.07) is 7.97. The van der Waals surface area contributed by atoms with Crippen molar-refractivity contribution >= 4 is 17.5 Å². The Balaban J connectivity index is 1.61. The van der Waals surface area contributed by atoms with Crippen molar-refractivity contribution < 1.29 is 4.79 Å². The van der Waals surface area contributed by atoms with Crippen molar-refractivity contribution in [1.29, 1.82) is 0 Å². The summed E-state index contributed by atoms with van der Waals surface area (Å²) in [5, 5.41) is 4.19. The molecule has 1 amide bonds. The van der Waals surface area contributed by atoms with Gasteiger partial charge in [-0.2, -0.15) is 0 Å². The van der Waals surface area contributed by atoms with Crippen LogP contribution >= 0.6 is 11.6 Å². The molecule has 3 aliphatic rings. The fraction of sp³-hybridized carbons (Fsp3) is 0.611. The van der Waals surface area contributed by atoms with E-state index in [0.717, 1.165) is 62.4 Å². The van der Waals surface area contributed by atoms with Crippen LogP contribution in [0.2, 0.25) is 5.02 Å². The minimum atomic E-state index is -0.295. The molecule has 0 spiro atoms. The maximum Gasteiger partial charge on any atom is 0.233 e. The Bertz CT molecular complexity index is 553.